The molecule has 32 heavy (non-hydrogen) atoms. The van der Waals surface area contributed by atoms with Gasteiger partial charge in [0.15, 0.2) is 0 Å². The predicted octanol–water partition coefficient (Wildman–Crippen LogP) is 7.64. The Bertz CT molecular complexity index is 1690. The van der Waals surface area contributed by atoms with Crippen LogP contribution in [-0.2, 0) is 5.41 Å². The molecule has 152 valence electrons. The van der Waals surface area contributed by atoms with Crippen molar-refractivity contribution < 1.29 is 0 Å². The standard InChI is InChI=1S/C30H22N2/c1-30(2)25-11-5-3-10-22(25)29-23-17-28-24(16-19(23)13-14-26(29)30)21-9-4-6-12-27(21)32(28)20-8-7-15-31-18-20/h3-18H,1-2H3. The second kappa shape index (κ2) is 6.08. The molecule has 0 N–H and O–H groups in total. The number of hydrogen-bond donors (Lipinski definition) is 0. The third-order valence-electron chi connectivity index (χ3n) is 7.26. The summed E-state index contributed by atoms with van der Waals surface area (Å²) >= 11 is 0. The van der Waals surface area contributed by atoms with Gasteiger partial charge in [-0.2, -0.15) is 0 Å². The molecule has 0 spiro atoms. The van der Waals surface area contributed by atoms with Crippen molar-refractivity contribution in [3.8, 4) is 16.8 Å². The summed E-state index contributed by atoms with van der Waals surface area (Å²) in [4.78, 5) is 4.40. The Hall–Kier alpha value is -3.91. The molecule has 1 aliphatic rings. The first-order valence-corrected chi connectivity index (χ1v) is 11.2. The summed E-state index contributed by atoms with van der Waals surface area (Å²) in [7, 11) is 0. The summed E-state index contributed by atoms with van der Waals surface area (Å²) in [6, 6.07) is 31.1. The van der Waals surface area contributed by atoms with E-state index < -0.39 is 0 Å². The van der Waals surface area contributed by atoms with Crippen LogP contribution < -0.4 is 0 Å². The number of fused-ring (bicyclic) bond motifs is 8. The summed E-state index contributed by atoms with van der Waals surface area (Å²) in [5.41, 5.74) is 9.10. The number of rotatable bonds is 1. The fourth-order valence-corrected chi connectivity index (χ4v) is 5.75. The molecule has 6 aromatic rings. The molecule has 2 aromatic heterocycles. The average Bonchev–Trinajstić information content (AvgIpc) is 3.27. The van der Waals surface area contributed by atoms with Crippen molar-refractivity contribution in [3.05, 3.63) is 108 Å². The Kier molecular flexibility index (Phi) is 3.37. The van der Waals surface area contributed by atoms with Crippen molar-refractivity contribution in [1.82, 2.24) is 9.55 Å². The molecular weight excluding hydrogens is 388 g/mol. The van der Waals surface area contributed by atoms with Gasteiger partial charge in [0.2, 0.25) is 0 Å². The van der Waals surface area contributed by atoms with Crippen LogP contribution in [-0.4, -0.2) is 9.55 Å². The Labute approximate surface area is 186 Å². The van der Waals surface area contributed by atoms with E-state index in [-0.39, 0.29) is 5.41 Å². The SMILES string of the molecule is CC1(C)c2ccccc2-c2c1ccc1cc3c4ccccc4n(-c4cccnc4)c3cc21. The zero-order valence-electron chi connectivity index (χ0n) is 18.1. The molecule has 4 aromatic carbocycles. The summed E-state index contributed by atoms with van der Waals surface area (Å²) in [6.07, 6.45) is 3.78. The van der Waals surface area contributed by atoms with Crippen LogP contribution in [0.4, 0.5) is 0 Å². The summed E-state index contributed by atoms with van der Waals surface area (Å²) < 4.78 is 2.35. The lowest BCUT2D eigenvalue weighted by Gasteiger charge is -2.21. The number of benzene rings is 4. The van der Waals surface area contributed by atoms with Gasteiger partial charge >= 0.3 is 0 Å². The highest BCUT2D eigenvalue weighted by Crippen LogP contribution is 2.51. The zero-order valence-corrected chi connectivity index (χ0v) is 18.1. The molecule has 0 fully saturated rings. The van der Waals surface area contributed by atoms with Crippen LogP contribution in [0.15, 0.2) is 97.3 Å². The van der Waals surface area contributed by atoms with Crippen LogP contribution in [0, 0.1) is 0 Å². The van der Waals surface area contributed by atoms with Crippen LogP contribution in [0.3, 0.4) is 0 Å². The largest absolute Gasteiger partial charge is 0.308 e. The molecule has 7 rings (SSSR count). The molecule has 0 saturated heterocycles. The van der Waals surface area contributed by atoms with Crippen molar-refractivity contribution >= 4 is 32.6 Å². The Morgan fingerprint density at radius 2 is 1.53 bits per heavy atom. The van der Waals surface area contributed by atoms with Crippen LogP contribution in [0.2, 0.25) is 0 Å². The monoisotopic (exact) mass is 410 g/mol. The summed E-state index contributed by atoms with van der Waals surface area (Å²) in [5.74, 6) is 0. The van der Waals surface area contributed by atoms with E-state index in [1.165, 1.54) is 54.8 Å². The van der Waals surface area contributed by atoms with Gasteiger partial charge in [-0.1, -0.05) is 68.4 Å². The van der Waals surface area contributed by atoms with E-state index in [4.69, 9.17) is 0 Å². The Morgan fingerprint density at radius 1 is 0.688 bits per heavy atom. The van der Waals surface area contributed by atoms with Gasteiger partial charge in [0.25, 0.3) is 0 Å². The third kappa shape index (κ3) is 2.17. The van der Waals surface area contributed by atoms with E-state index in [2.05, 4.69) is 102 Å². The fraction of sp³-hybridized carbons (Fsp3) is 0.100. The van der Waals surface area contributed by atoms with Crippen LogP contribution in [0.25, 0.3) is 49.4 Å². The maximum Gasteiger partial charge on any atom is 0.0645 e. The van der Waals surface area contributed by atoms with Gasteiger partial charge in [-0.15, -0.1) is 0 Å². The van der Waals surface area contributed by atoms with E-state index in [1.807, 2.05) is 18.5 Å². The Balaban J connectivity index is 1.68. The molecule has 0 unspecified atom stereocenters. The molecule has 0 saturated carbocycles. The maximum atomic E-state index is 4.40. The summed E-state index contributed by atoms with van der Waals surface area (Å²) in [6.45, 7) is 4.68. The van der Waals surface area contributed by atoms with E-state index >= 15 is 0 Å². The molecule has 0 bridgehead atoms. The van der Waals surface area contributed by atoms with E-state index in [0.29, 0.717) is 0 Å². The highest BCUT2D eigenvalue weighted by atomic mass is 15.0. The second-order valence-electron chi connectivity index (χ2n) is 9.31. The minimum Gasteiger partial charge on any atom is -0.308 e. The van der Waals surface area contributed by atoms with E-state index in [0.717, 1.165) is 5.69 Å². The highest BCUT2D eigenvalue weighted by molar-refractivity contribution is 6.16. The molecule has 0 aliphatic heterocycles. The molecule has 0 atom stereocenters. The first kappa shape index (κ1) is 17.7. The van der Waals surface area contributed by atoms with Crippen molar-refractivity contribution in [3.63, 3.8) is 0 Å². The molecular formula is C30H22N2. The third-order valence-corrected chi connectivity index (χ3v) is 7.26. The zero-order chi connectivity index (χ0) is 21.4. The minimum atomic E-state index is 0.00509. The van der Waals surface area contributed by atoms with Crippen molar-refractivity contribution in [2.24, 2.45) is 0 Å². The van der Waals surface area contributed by atoms with Crippen molar-refractivity contribution in [2.45, 2.75) is 19.3 Å². The van der Waals surface area contributed by atoms with Gasteiger partial charge in [-0.25, -0.2) is 0 Å². The number of para-hydroxylation sites is 1. The molecule has 2 heteroatoms. The first-order valence-electron chi connectivity index (χ1n) is 11.2. The molecule has 1 aliphatic carbocycles. The lowest BCUT2D eigenvalue weighted by Crippen LogP contribution is -2.14. The predicted molar refractivity (Wildman–Crippen MR) is 134 cm³/mol. The van der Waals surface area contributed by atoms with E-state index in [9.17, 15) is 0 Å². The van der Waals surface area contributed by atoms with Gasteiger partial charge in [-0.05, 0) is 63.4 Å². The van der Waals surface area contributed by atoms with Gasteiger partial charge in [0.1, 0.15) is 0 Å². The quantitative estimate of drug-likeness (QED) is 0.272. The highest BCUT2D eigenvalue weighted by Gasteiger charge is 2.36. The van der Waals surface area contributed by atoms with Crippen LogP contribution >= 0.6 is 0 Å². The smallest absolute Gasteiger partial charge is 0.0645 e. The van der Waals surface area contributed by atoms with Crippen LogP contribution in [0.1, 0.15) is 25.0 Å². The molecule has 2 heterocycles. The van der Waals surface area contributed by atoms with E-state index in [1.54, 1.807) is 0 Å². The van der Waals surface area contributed by atoms with Gasteiger partial charge in [-0.3, -0.25) is 4.98 Å². The lowest BCUT2D eigenvalue weighted by atomic mass is 9.82. The lowest BCUT2D eigenvalue weighted by molar-refractivity contribution is 0.661. The number of aromatic nitrogens is 2. The molecule has 0 amide bonds. The normalized spacial score (nSPS) is 14.2. The topological polar surface area (TPSA) is 17.8 Å². The summed E-state index contributed by atoms with van der Waals surface area (Å²) in [5, 5.41) is 5.16. The van der Waals surface area contributed by atoms with Crippen molar-refractivity contribution in [1.29, 1.82) is 0 Å². The minimum absolute atomic E-state index is 0.00509. The average molecular weight is 411 g/mol. The number of nitrogens with zero attached hydrogens (tertiary/aromatic N) is 2. The Morgan fingerprint density at radius 3 is 2.41 bits per heavy atom. The number of hydrogen-bond acceptors (Lipinski definition) is 1. The van der Waals surface area contributed by atoms with Gasteiger partial charge in [0, 0.05) is 22.4 Å². The van der Waals surface area contributed by atoms with Crippen LogP contribution in [0.5, 0.6) is 0 Å². The van der Waals surface area contributed by atoms with Crippen molar-refractivity contribution in [2.75, 3.05) is 0 Å². The number of pyridine rings is 1. The fourth-order valence-electron chi connectivity index (χ4n) is 5.75. The molecule has 2 nitrogen and oxygen atoms in total. The van der Waals surface area contributed by atoms with Gasteiger partial charge < -0.3 is 4.57 Å². The second-order valence-corrected chi connectivity index (χ2v) is 9.31. The molecule has 0 radical (unpaired) electrons. The van der Waals surface area contributed by atoms with Gasteiger partial charge in [0.05, 0.1) is 22.9 Å². The maximum absolute atomic E-state index is 4.40. The first-order chi connectivity index (χ1) is 15.6.